The van der Waals surface area contributed by atoms with Gasteiger partial charge in [-0.25, -0.2) is 0 Å². The first kappa shape index (κ1) is 17.5. The van der Waals surface area contributed by atoms with Crippen LogP contribution in [0.15, 0.2) is 24.3 Å². The molecule has 0 spiro atoms. The Labute approximate surface area is 162 Å². The second-order valence-electron chi connectivity index (χ2n) is 9.14. The third-order valence-electron chi connectivity index (χ3n) is 7.77. The summed E-state index contributed by atoms with van der Waals surface area (Å²) in [5.41, 5.74) is 1.34. The highest BCUT2D eigenvalue weighted by molar-refractivity contribution is 5.77. The van der Waals surface area contributed by atoms with Crippen molar-refractivity contribution in [1.29, 1.82) is 0 Å². The molecule has 2 bridgehead atoms. The third-order valence-corrected chi connectivity index (χ3v) is 7.77. The lowest BCUT2D eigenvalue weighted by Gasteiger charge is -2.51. The lowest BCUT2D eigenvalue weighted by Crippen LogP contribution is -2.60. The molecule has 0 radical (unpaired) electrons. The summed E-state index contributed by atoms with van der Waals surface area (Å²) in [5.74, 6) is 3.10. The predicted octanol–water partition coefficient (Wildman–Crippen LogP) is 3.66. The summed E-state index contributed by atoms with van der Waals surface area (Å²) >= 11 is 0. The number of ether oxygens (including phenoxy) is 1. The van der Waals surface area contributed by atoms with Crippen LogP contribution in [0.2, 0.25) is 0 Å². The normalized spacial score (nSPS) is 35.4. The average molecular weight is 369 g/mol. The van der Waals surface area contributed by atoms with Gasteiger partial charge in [-0.2, -0.15) is 0 Å². The summed E-state index contributed by atoms with van der Waals surface area (Å²) < 4.78 is 5.48. The van der Waals surface area contributed by atoms with Gasteiger partial charge in [-0.3, -0.25) is 9.69 Å². The number of carbonyl (C=O) groups excluding carboxylic acids is 1. The Morgan fingerprint density at radius 1 is 1.11 bits per heavy atom. The Balaban J connectivity index is 1.43. The molecule has 5 fully saturated rings. The van der Waals surface area contributed by atoms with Crippen LogP contribution >= 0.6 is 0 Å². The number of hydrogen-bond donors (Lipinski definition) is 0. The molecule has 4 heteroatoms. The van der Waals surface area contributed by atoms with E-state index in [0.29, 0.717) is 35.7 Å². The van der Waals surface area contributed by atoms with Crippen molar-refractivity contribution in [1.82, 2.24) is 9.80 Å². The van der Waals surface area contributed by atoms with Gasteiger partial charge in [0, 0.05) is 24.9 Å². The molecule has 4 nitrogen and oxygen atoms in total. The molecule has 3 atom stereocenters. The molecule has 1 amide bonds. The topological polar surface area (TPSA) is 32.8 Å². The number of hydrogen-bond acceptors (Lipinski definition) is 3. The molecule has 5 aliphatic rings. The van der Waals surface area contributed by atoms with E-state index in [-0.39, 0.29) is 0 Å². The molecule has 27 heavy (non-hydrogen) atoms. The van der Waals surface area contributed by atoms with E-state index in [0.717, 1.165) is 18.7 Å². The van der Waals surface area contributed by atoms with Gasteiger partial charge in [0.2, 0.25) is 5.91 Å². The van der Waals surface area contributed by atoms with Crippen LogP contribution in [0.4, 0.5) is 0 Å². The van der Waals surface area contributed by atoms with E-state index in [4.69, 9.17) is 4.74 Å². The number of nitrogens with zero attached hydrogens (tertiary/aromatic N) is 2. The molecule has 146 valence electrons. The number of amides is 1. The molecule has 1 aromatic carbocycles. The minimum Gasteiger partial charge on any atom is -0.497 e. The van der Waals surface area contributed by atoms with Crippen molar-refractivity contribution >= 4 is 5.91 Å². The van der Waals surface area contributed by atoms with E-state index in [1.165, 1.54) is 57.2 Å². The molecule has 4 aliphatic heterocycles. The minimum absolute atomic E-state index is 0.417. The highest BCUT2D eigenvalue weighted by atomic mass is 16.5. The number of carbonyl (C=O) groups is 1. The average Bonchev–Trinajstić information content (AvgIpc) is 3.37. The van der Waals surface area contributed by atoms with Crippen molar-refractivity contribution in [2.24, 2.45) is 11.8 Å². The SMILES string of the molecule is COc1cccc([C@@H]2CN(C(=O)CC3CCCC3)[C@@H]3C4CCN(CC4)[C@@H]32)c1. The van der Waals surface area contributed by atoms with Gasteiger partial charge in [-0.1, -0.05) is 25.0 Å². The van der Waals surface area contributed by atoms with Crippen LogP contribution in [-0.4, -0.2) is 54.5 Å². The van der Waals surface area contributed by atoms with Crippen LogP contribution in [0, 0.1) is 11.8 Å². The lowest BCUT2D eigenvalue weighted by molar-refractivity contribution is -0.137. The van der Waals surface area contributed by atoms with Crippen LogP contribution < -0.4 is 4.74 Å². The quantitative estimate of drug-likeness (QED) is 0.813. The molecule has 1 aromatic rings. The van der Waals surface area contributed by atoms with Crippen molar-refractivity contribution in [3.63, 3.8) is 0 Å². The molecule has 1 saturated carbocycles. The number of fused-ring (bicyclic) bond motifs is 2. The Kier molecular flexibility index (Phi) is 4.63. The van der Waals surface area contributed by atoms with Gasteiger partial charge >= 0.3 is 0 Å². The largest absolute Gasteiger partial charge is 0.497 e. The molecule has 4 heterocycles. The van der Waals surface area contributed by atoms with Crippen molar-refractivity contribution in [2.75, 3.05) is 26.7 Å². The van der Waals surface area contributed by atoms with Gasteiger partial charge < -0.3 is 9.64 Å². The number of likely N-dealkylation sites (tertiary alicyclic amines) is 1. The minimum atomic E-state index is 0.417. The van der Waals surface area contributed by atoms with Gasteiger partial charge in [-0.15, -0.1) is 0 Å². The van der Waals surface area contributed by atoms with Gasteiger partial charge in [0.05, 0.1) is 13.2 Å². The Hall–Kier alpha value is -1.55. The second-order valence-corrected chi connectivity index (χ2v) is 9.14. The van der Waals surface area contributed by atoms with E-state index in [2.05, 4.69) is 28.0 Å². The standard InChI is InChI=1S/C23H32N2O2/c1-27-19-8-4-7-18(14-19)20-15-25(21(26)13-16-5-2-3-6-16)22-17-9-11-24(12-10-17)23(20)22/h4,7-8,14,16-17,20,22-23H,2-3,5-6,9-13,15H2,1H3/t20-,22+,23+/m0/s1. The predicted molar refractivity (Wildman–Crippen MR) is 106 cm³/mol. The van der Waals surface area contributed by atoms with Gasteiger partial charge in [0.25, 0.3) is 0 Å². The zero-order chi connectivity index (χ0) is 18.4. The molecule has 6 rings (SSSR count). The number of methoxy groups -OCH3 is 1. The van der Waals surface area contributed by atoms with Crippen molar-refractivity contribution in [3.8, 4) is 5.75 Å². The van der Waals surface area contributed by atoms with E-state index in [9.17, 15) is 4.79 Å². The van der Waals surface area contributed by atoms with E-state index in [1.54, 1.807) is 7.11 Å². The summed E-state index contributed by atoms with van der Waals surface area (Å²) in [4.78, 5) is 18.3. The van der Waals surface area contributed by atoms with Crippen molar-refractivity contribution < 1.29 is 9.53 Å². The van der Waals surface area contributed by atoms with Crippen LogP contribution in [-0.2, 0) is 4.79 Å². The molecule has 1 aliphatic carbocycles. The van der Waals surface area contributed by atoms with E-state index in [1.807, 2.05) is 6.07 Å². The van der Waals surface area contributed by atoms with Gasteiger partial charge in [-0.05, 0) is 68.3 Å². The zero-order valence-corrected chi connectivity index (χ0v) is 16.5. The summed E-state index contributed by atoms with van der Waals surface area (Å²) in [7, 11) is 1.74. The van der Waals surface area contributed by atoms with Gasteiger partial charge in [0.1, 0.15) is 5.75 Å². The first-order valence-corrected chi connectivity index (χ1v) is 10.9. The second kappa shape index (κ2) is 7.12. The first-order chi connectivity index (χ1) is 13.2. The Morgan fingerprint density at radius 3 is 2.63 bits per heavy atom. The fourth-order valence-corrected chi connectivity index (χ4v) is 6.45. The fourth-order valence-electron chi connectivity index (χ4n) is 6.45. The van der Waals surface area contributed by atoms with Crippen LogP contribution in [0.5, 0.6) is 5.75 Å². The van der Waals surface area contributed by atoms with Gasteiger partial charge in [0.15, 0.2) is 0 Å². The lowest BCUT2D eigenvalue weighted by atomic mass is 9.75. The molecule has 4 saturated heterocycles. The smallest absolute Gasteiger partial charge is 0.223 e. The fraction of sp³-hybridized carbons (Fsp3) is 0.696. The van der Waals surface area contributed by atoms with Crippen LogP contribution in [0.3, 0.4) is 0 Å². The Morgan fingerprint density at radius 2 is 1.89 bits per heavy atom. The number of rotatable bonds is 4. The summed E-state index contributed by atoms with van der Waals surface area (Å²) in [5, 5.41) is 0. The summed E-state index contributed by atoms with van der Waals surface area (Å²) in [6.45, 7) is 3.30. The maximum atomic E-state index is 13.3. The molecule has 0 aromatic heterocycles. The number of piperidine rings is 3. The van der Waals surface area contributed by atoms with Crippen molar-refractivity contribution in [3.05, 3.63) is 29.8 Å². The zero-order valence-electron chi connectivity index (χ0n) is 16.5. The first-order valence-electron chi connectivity index (χ1n) is 10.9. The molecular formula is C23H32N2O2. The summed E-state index contributed by atoms with van der Waals surface area (Å²) in [6.07, 6.45) is 8.43. The van der Waals surface area contributed by atoms with E-state index < -0.39 is 0 Å². The summed E-state index contributed by atoms with van der Waals surface area (Å²) in [6, 6.07) is 9.47. The monoisotopic (exact) mass is 368 g/mol. The highest BCUT2D eigenvalue weighted by Gasteiger charge is 2.54. The molecule has 0 N–H and O–H groups in total. The Bertz CT molecular complexity index is 691. The molecular weight excluding hydrogens is 336 g/mol. The maximum absolute atomic E-state index is 13.3. The van der Waals surface area contributed by atoms with E-state index >= 15 is 0 Å². The maximum Gasteiger partial charge on any atom is 0.223 e. The molecule has 0 unspecified atom stereocenters. The third kappa shape index (κ3) is 3.06. The van der Waals surface area contributed by atoms with Crippen molar-refractivity contribution in [2.45, 2.75) is 62.9 Å². The van der Waals surface area contributed by atoms with Crippen LogP contribution in [0.1, 0.15) is 56.4 Å². The van der Waals surface area contributed by atoms with Crippen LogP contribution in [0.25, 0.3) is 0 Å². The highest BCUT2D eigenvalue weighted by Crippen LogP contribution is 2.47. The number of benzene rings is 1.